The molecule has 88 valence electrons. The summed E-state index contributed by atoms with van der Waals surface area (Å²) < 4.78 is 5.56. The van der Waals surface area contributed by atoms with Crippen molar-refractivity contribution in [3.8, 4) is 5.88 Å². The van der Waals surface area contributed by atoms with Crippen LogP contribution in [0.4, 0.5) is 5.69 Å². The summed E-state index contributed by atoms with van der Waals surface area (Å²) in [6.07, 6.45) is 0. The smallest absolute Gasteiger partial charge is 0.233 e. The van der Waals surface area contributed by atoms with E-state index in [-0.39, 0.29) is 0 Å². The molecule has 17 heavy (non-hydrogen) atoms. The van der Waals surface area contributed by atoms with Gasteiger partial charge in [-0.3, -0.25) is 0 Å². The molecule has 4 heteroatoms. The summed E-state index contributed by atoms with van der Waals surface area (Å²) in [5.41, 5.74) is 8.05. The van der Waals surface area contributed by atoms with Crippen LogP contribution in [0.15, 0.2) is 36.4 Å². The zero-order chi connectivity index (χ0) is 12.3. The first kappa shape index (κ1) is 11.7. The van der Waals surface area contributed by atoms with Crippen LogP contribution in [0.3, 0.4) is 0 Å². The van der Waals surface area contributed by atoms with Crippen molar-refractivity contribution in [3.05, 3.63) is 52.7 Å². The van der Waals surface area contributed by atoms with E-state index in [0.717, 1.165) is 11.3 Å². The maximum Gasteiger partial charge on any atom is 0.233 e. The average molecular weight is 249 g/mol. The molecule has 1 aromatic carbocycles. The maximum absolute atomic E-state index is 6.00. The van der Waals surface area contributed by atoms with Crippen molar-refractivity contribution >= 4 is 17.3 Å². The van der Waals surface area contributed by atoms with Crippen molar-refractivity contribution in [3.63, 3.8) is 0 Å². The Hall–Kier alpha value is -1.74. The van der Waals surface area contributed by atoms with Crippen molar-refractivity contribution in [1.82, 2.24) is 4.98 Å². The zero-order valence-electron chi connectivity index (χ0n) is 9.48. The molecule has 1 heterocycles. The van der Waals surface area contributed by atoms with Crippen LogP contribution in [0.2, 0.25) is 5.02 Å². The summed E-state index contributed by atoms with van der Waals surface area (Å²) in [4.78, 5) is 4.21. The van der Waals surface area contributed by atoms with Gasteiger partial charge in [-0.1, -0.05) is 41.9 Å². The Morgan fingerprint density at radius 2 is 2.00 bits per heavy atom. The van der Waals surface area contributed by atoms with Gasteiger partial charge in [0.05, 0.1) is 11.4 Å². The van der Waals surface area contributed by atoms with E-state index in [0.29, 0.717) is 23.2 Å². The largest absolute Gasteiger partial charge is 0.472 e. The average Bonchev–Trinajstić information content (AvgIpc) is 2.33. The molecule has 0 aliphatic rings. The Bertz CT molecular complexity index is 514. The molecule has 0 saturated heterocycles. The number of anilines is 1. The predicted molar refractivity (Wildman–Crippen MR) is 69.2 cm³/mol. The molecule has 0 radical (unpaired) electrons. The van der Waals surface area contributed by atoms with Gasteiger partial charge in [-0.05, 0) is 18.6 Å². The Labute approximate surface area is 105 Å². The molecule has 3 nitrogen and oxygen atoms in total. The number of hydrogen-bond acceptors (Lipinski definition) is 3. The van der Waals surface area contributed by atoms with E-state index in [9.17, 15) is 0 Å². The number of nitrogens with zero attached hydrogens (tertiary/aromatic N) is 1. The fraction of sp³-hybridized carbons (Fsp3) is 0.154. The number of halogens is 1. The molecule has 0 saturated carbocycles. The van der Waals surface area contributed by atoms with Gasteiger partial charge >= 0.3 is 0 Å². The molecule has 2 N–H and O–H groups in total. The highest BCUT2D eigenvalue weighted by atomic mass is 35.5. The fourth-order valence-electron chi connectivity index (χ4n) is 1.40. The van der Waals surface area contributed by atoms with Gasteiger partial charge in [0.1, 0.15) is 11.6 Å². The van der Waals surface area contributed by atoms with Gasteiger partial charge in [-0.25, -0.2) is 4.98 Å². The van der Waals surface area contributed by atoms with E-state index >= 15 is 0 Å². The molecular weight excluding hydrogens is 236 g/mol. The normalized spacial score (nSPS) is 10.2. The number of aromatic nitrogens is 1. The van der Waals surface area contributed by atoms with Crippen LogP contribution in [0.25, 0.3) is 0 Å². The second kappa shape index (κ2) is 5.06. The SMILES string of the molecule is Cc1nc(OCc2ccccc2)c(Cl)cc1N. The van der Waals surface area contributed by atoms with E-state index in [4.69, 9.17) is 22.1 Å². The highest BCUT2D eigenvalue weighted by Gasteiger charge is 2.07. The van der Waals surface area contributed by atoms with Crippen molar-refractivity contribution in [1.29, 1.82) is 0 Å². The van der Waals surface area contributed by atoms with Gasteiger partial charge in [0.15, 0.2) is 0 Å². The molecule has 0 bridgehead atoms. The standard InChI is InChI=1S/C13H13ClN2O/c1-9-12(15)7-11(14)13(16-9)17-8-10-5-3-2-4-6-10/h2-7H,8,15H2,1H3. The lowest BCUT2D eigenvalue weighted by atomic mass is 10.2. The van der Waals surface area contributed by atoms with Crippen LogP contribution < -0.4 is 10.5 Å². The van der Waals surface area contributed by atoms with Crippen molar-refractivity contribution in [2.45, 2.75) is 13.5 Å². The number of benzene rings is 1. The van der Waals surface area contributed by atoms with E-state index in [2.05, 4.69) is 4.98 Å². The highest BCUT2D eigenvalue weighted by molar-refractivity contribution is 6.32. The van der Waals surface area contributed by atoms with E-state index in [1.165, 1.54) is 0 Å². The minimum absolute atomic E-state index is 0.419. The molecule has 0 aliphatic heterocycles. The molecule has 0 spiro atoms. The minimum Gasteiger partial charge on any atom is -0.472 e. The van der Waals surface area contributed by atoms with E-state index in [1.54, 1.807) is 6.07 Å². The fourth-order valence-corrected chi connectivity index (χ4v) is 1.61. The molecule has 2 rings (SSSR count). The number of nitrogens with two attached hydrogens (primary N) is 1. The van der Waals surface area contributed by atoms with Crippen LogP contribution in [-0.4, -0.2) is 4.98 Å². The van der Waals surface area contributed by atoms with E-state index in [1.807, 2.05) is 37.3 Å². The Kier molecular flexibility index (Phi) is 3.49. The Morgan fingerprint density at radius 1 is 1.29 bits per heavy atom. The van der Waals surface area contributed by atoms with Crippen LogP contribution in [0.5, 0.6) is 5.88 Å². The van der Waals surface area contributed by atoms with Gasteiger partial charge in [0.2, 0.25) is 5.88 Å². The lowest BCUT2D eigenvalue weighted by molar-refractivity contribution is 0.293. The Balaban J connectivity index is 2.12. The molecule has 2 aromatic rings. The van der Waals surface area contributed by atoms with Crippen LogP contribution in [-0.2, 0) is 6.61 Å². The maximum atomic E-state index is 6.00. The van der Waals surface area contributed by atoms with Crippen molar-refractivity contribution in [2.75, 3.05) is 5.73 Å². The summed E-state index contributed by atoms with van der Waals surface area (Å²) >= 11 is 6.00. The molecular formula is C13H13ClN2O. The number of hydrogen-bond donors (Lipinski definition) is 1. The summed E-state index contributed by atoms with van der Waals surface area (Å²) in [5, 5.41) is 0.434. The molecule has 1 aromatic heterocycles. The third kappa shape index (κ3) is 2.88. The summed E-state index contributed by atoms with van der Waals surface area (Å²) in [5.74, 6) is 0.419. The van der Waals surface area contributed by atoms with Crippen LogP contribution in [0.1, 0.15) is 11.3 Å². The van der Waals surface area contributed by atoms with E-state index < -0.39 is 0 Å². The van der Waals surface area contributed by atoms with Gasteiger partial charge in [-0.15, -0.1) is 0 Å². The zero-order valence-corrected chi connectivity index (χ0v) is 10.2. The third-order valence-electron chi connectivity index (χ3n) is 2.39. The predicted octanol–water partition coefficient (Wildman–Crippen LogP) is 3.20. The second-order valence-electron chi connectivity index (χ2n) is 3.72. The molecule has 0 amide bonds. The van der Waals surface area contributed by atoms with Crippen molar-refractivity contribution < 1.29 is 4.74 Å². The summed E-state index contributed by atoms with van der Waals surface area (Å²) in [6, 6.07) is 11.5. The summed E-state index contributed by atoms with van der Waals surface area (Å²) in [6.45, 7) is 2.26. The Morgan fingerprint density at radius 3 is 2.71 bits per heavy atom. The van der Waals surface area contributed by atoms with Gasteiger partial charge < -0.3 is 10.5 Å². The topological polar surface area (TPSA) is 48.1 Å². The summed E-state index contributed by atoms with van der Waals surface area (Å²) in [7, 11) is 0. The van der Waals surface area contributed by atoms with Gasteiger partial charge in [0, 0.05) is 0 Å². The molecule has 0 unspecified atom stereocenters. The highest BCUT2D eigenvalue weighted by Crippen LogP contribution is 2.26. The first-order chi connectivity index (χ1) is 8.16. The monoisotopic (exact) mass is 248 g/mol. The minimum atomic E-state index is 0.419. The molecule has 0 atom stereocenters. The van der Waals surface area contributed by atoms with Crippen LogP contribution in [0, 0.1) is 6.92 Å². The number of rotatable bonds is 3. The van der Waals surface area contributed by atoms with Crippen LogP contribution >= 0.6 is 11.6 Å². The molecule has 0 aliphatic carbocycles. The first-order valence-electron chi connectivity index (χ1n) is 5.26. The van der Waals surface area contributed by atoms with Crippen molar-refractivity contribution in [2.24, 2.45) is 0 Å². The number of ether oxygens (including phenoxy) is 1. The second-order valence-corrected chi connectivity index (χ2v) is 4.13. The number of nitrogen functional groups attached to an aromatic ring is 1. The van der Waals surface area contributed by atoms with Gasteiger partial charge in [-0.2, -0.15) is 0 Å². The first-order valence-corrected chi connectivity index (χ1v) is 5.64. The third-order valence-corrected chi connectivity index (χ3v) is 2.66. The quantitative estimate of drug-likeness (QED) is 0.907. The molecule has 0 fully saturated rings. The van der Waals surface area contributed by atoms with Gasteiger partial charge in [0.25, 0.3) is 0 Å². The lowest BCUT2D eigenvalue weighted by Gasteiger charge is -2.09. The number of aryl methyl sites for hydroxylation is 1. The number of pyridine rings is 1. The lowest BCUT2D eigenvalue weighted by Crippen LogP contribution is -2.01.